The molecule has 26 heavy (non-hydrogen) atoms. The molecule has 0 saturated carbocycles. The molecule has 2 aromatic carbocycles. The molecular weight excluding hydrogens is 318 g/mol. The van der Waals surface area contributed by atoms with E-state index in [0.29, 0.717) is 5.57 Å². The van der Waals surface area contributed by atoms with Gasteiger partial charge in [0, 0.05) is 33.8 Å². The lowest BCUT2D eigenvalue weighted by Crippen LogP contribution is -2.29. The van der Waals surface area contributed by atoms with Crippen molar-refractivity contribution in [3.05, 3.63) is 70.9 Å². The number of hydrogen-bond acceptors (Lipinski definition) is 1. The van der Waals surface area contributed by atoms with Gasteiger partial charge in [0.05, 0.1) is 5.41 Å². The summed E-state index contributed by atoms with van der Waals surface area (Å²) in [5.74, 6) is 0. The minimum Gasteiger partial charge on any atom is -0.358 e. The van der Waals surface area contributed by atoms with Gasteiger partial charge in [-0.05, 0) is 32.9 Å². The number of fused-ring (bicyclic) bond motifs is 2. The summed E-state index contributed by atoms with van der Waals surface area (Å²) in [4.78, 5) is 3.42. The topological polar surface area (TPSA) is 42.6 Å². The fourth-order valence-corrected chi connectivity index (χ4v) is 4.26. The van der Waals surface area contributed by atoms with Crippen molar-refractivity contribution in [3.8, 4) is 6.07 Å². The average molecular weight is 340 g/mol. The van der Waals surface area contributed by atoms with E-state index in [0.717, 1.165) is 27.9 Å². The average Bonchev–Trinajstić information content (AvgIpc) is 3.05. The zero-order chi connectivity index (χ0) is 18.5. The molecule has 0 atom stereocenters. The van der Waals surface area contributed by atoms with Crippen LogP contribution >= 0.6 is 0 Å². The lowest BCUT2D eigenvalue weighted by Gasteiger charge is -2.17. The molecule has 0 aliphatic carbocycles. The van der Waals surface area contributed by atoms with Crippen LogP contribution in [0.25, 0.3) is 17.0 Å². The van der Waals surface area contributed by atoms with Gasteiger partial charge in [0.1, 0.15) is 18.7 Å². The first-order chi connectivity index (χ1) is 12.4. The molecule has 1 aliphatic rings. The number of aromatic amines is 1. The molecule has 0 amide bonds. The molecule has 0 saturated heterocycles. The van der Waals surface area contributed by atoms with Crippen LogP contribution in [0.2, 0.25) is 0 Å². The molecule has 0 spiro atoms. The maximum Gasteiger partial charge on any atom is 0.209 e. The van der Waals surface area contributed by atoms with E-state index in [2.05, 4.69) is 73.8 Å². The number of nitrogens with zero attached hydrogens (tertiary/aromatic N) is 2. The number of aromatic nitrogens is 1. The largest absolute Gasteiger partial charge is 0.358 e. The van der Waals surface area contributed by atoms with Gasteiger partial charge in [-0.25, -0.2) is 0 Å². The van der Waals surface area contributed by atoms with Gasteiger partial charge in [0.25, 0.3) is 0 Å². The van der Waals surface area contributed by atoms with E-state index in [1.165, 1.54) is 11.3 Å². The molecule has 0 unspecified atom stereocenters. The van der Waals surface area contributed by atoms with Gasteiger partial charge in [-0.2, -0.15) is 9.84 Å². The van der Waals surface area contributed by atoms with Gasteiger partial charge in [-0.1, -0.05) is 36.4 Å². The van der Waals surface area contributed by atoms with E-state index < -0.39 is 0 Å². The fraction of sp³-hybridized carbons (Fsp3) is 0.217. The third-order valence-corrected chi connectivity index (χ3v) is 5.47. The summed E-state index contributed by atoms with van der Waals surface area (Å²) in [5.41, 5.74) is 7.24. The Morgan fingerprint density at radius 2 is 1.81 bits per heavy atom. The minimum absolute atomic E-state index is 0.215. The van der Waals surface area contributed by atoms with Gasteiger partial charge in [0.2, 0.25) is 11.4 Å². The molecule has 3 aromatic rings. The number of H-pyrrole nitrogens is 1. The Kier molecular flexibility index (Phi) is 3.59. The zero-order valence-electron chi connectivity index (χ0n) is 15.6. The van der Waals surface area contributed by atoms with Crippen LogP contribution < -0.4 is 0 Å². The maximum absolute atomic E-state index is 10.0. The highest BCUT2D eigenvalue weighted by molar-refractivity contribution is 6.13. The maximum atomic E-state index is 10.0. The number of hydrogen-bond donors (Lipinski definition) is 1. The van der Waals surface area contributed by atoms with Crippen LogP contribution in [0.4, 0.5) is 5.69 Å². The van der Waals surface area contributed by atoms with Crippen LogP contribution in [-0.4, -0.2) is 22.3 Å². The molecule has 1 aliphatic heterocycles. The van der Waals surface area contributed by atoms with E-state index >= 15 is 0 Å². The van der Waals surface area contributed by atoms with Crippen molar-refractivity contribution in [2.75, 3.05) is 7.05 Å². The van der Waals surface area contributed by atoms with Crippen molar-refractivity contribution in [2.45, 2.75) is 26.2 Å². The molecule has 0 bridgehead atoms. The van der Waals surface area contributed by atoms with Crippen LogP contribution in [0.5, 0.6) is 0 Å². The molecule has 0 fully saturated rings. The Morgan fingerprint density at radius 3 is 2.54 bits per heavy atom. The molecule has 128 valence electrons. The van der Waals surface area contributed by atoms with Gasteiger partial charge in [-0.15, -0.1) is 0 Å². The van der Waals surface area contributed by atoms with Crippen molar-refractivity contribution in [1.29, 1.82) is 5.26 Å². The number of nitrogens with one attached hydrogen (secondary N) is 1. The standard InChI is InChI=1S/C23H21N3/c1-15-18(17-9-5-7-11-20(17)25-15)13-16(14-24)22-23(2,3)19-10-6-8-12-21(19)26(22)4/h5-13H,1-4H3/p+1. The molecule has 1 N–H and O–H groups in total. The van der Waals surface area contributed by atoms with Crippen molar-refractivity contribution >= 4 is 28.4 Å². The van der Waals surface area contributed by atoms with Crippen LogP contribution in [0.3, 0.4) is 0 Å². The summed E-state index contributed by atoms with van der Waals surface area (Å²) in [5, 5.41) is 11.1. The van der Waals surface area contributed by atoms with Crippen LogP contribution in [-0.2, 0) is 5.41 Å². The predicted octanol–water partition coefficient (Wildman–Crippen LogP) is 5.09. The normalized spacial score (nSPS) is 16.0. The number of nitriles is 1. The lowest BCUT2D eigenvalue weighted by atomic mass is 9.78. The number of aryl methyl sites for hydroxylation is 1. The number of benzene rings is 2. The molecule has 3 nitrogen and oxygen atoms in total. The van der Waals surface area contributed by atoms with E-state index in [9.17, 15) is 5.26 Å². The van der Waals surface area contributed by atoms with Crippen molar-refractivity contribution in [3.63, 3.8) is 0 Å². The first-order valence-corrected chi connectivity index (χ1v) is 8.85. The van der Waals surface area contributed by atoms with E-state index in [4.69, 9.17) is 0 Å². The molecule has 1 aromatic heterocycles. The number of rotatable bonds is 2. The van der Waals surface area contributed by atoms with Crippen molar-refractivity contribution in [2.24, 2.45) is 0 Å². The van der Waals surface area contributed by atoms with Crippen LogP contribution in [0.15, 0.2) is 54.1 Å². The third-order valence-electron chi connectivity index (χ3n) is 5.47. The fourth-order valence-electron chi connectivity index (χ4n) is 4.26. The van der Waals surface area contributed by atoms with Gasteiger partial charge < -0.3 is 4.98 Å². The quantitative estimate of drug-likeness (QED) is 0.512. The van der Waals surface area contributed by atoms with Crippen LogP contribution in [0, 0.1) is 18.3 Å². The first-order valence-electron chi connectivity index (χ1n) is 8.85. The lowest BCUT2D eigenvalue weighted by molar-refractivity contribution is -0.401. The number of para-hydroxylation sites is 2. The van der Waals surface area contributed by atoms with Gasteiger partial charge in [0.15, 0.2) is 0 Å². The predicted molar refractivity (Wildman–Crippen MR) is 107 cm³/mol. The Labute approximate surface area is 153 Å². The monoisotopic (exact) mass is 340 g/mol. The van der Waals surface area contributed by atoms with E-state index in [1.807, 2.05) is 24.3 Å². The Hall–Kier alpha value is -3.12. The van der Waals surface area contributed by atoms with Gasteiger partial charge in [-0.3, -0.25) is 0 Å². The highest BCUT2D eigenvalue weighted by atomic mass is 15.0. The Balaban J connectivity index is 1.94. The molecule has 2 heterocycles. The van der Waals surface area contributed by atoms with Gasteiger partial charge >= 0.3 is 0 Å². The zero-order valence-corrected chi connectivity index (χ0v) is 15.6. The summed E-state index contributed by atoms with van der Waals surface area (Å²) in [7, 11) is 2.05. The molecule has 4 rings (SSSR count). The molecule has 3 heteroatoms. The summed E-state index contributed by atoms with van der Waals surface area (Å²) < 4.78 is 2.16. The van der Waals surface area contributed by atoms with Crippen molar-refractivity contribution < 1.29 is 4.58 Å². The number of allylic oxidation sites excluding steroid dienone is 1. The smallest absolute Gasteiger partial charge is 0.209 e. The Morgan fingerprint density at radius 1 is 1.12 bits per heavy atom. The van der Waals surface area contributed by atoms with E-state index in [1.54, 1.807) is 0 Å². The minimum atomic E-state index is -0.215. The second-order valence-electron chi connectivity index (χ2n) is 7.43. The second-order valence-corrected chi connectivity index (χ2v) is 7.43. The summed E-state index contributed by atoms with van der Waals surface area (Å²) in [6, 6.07) is 19.1. The Bertz CT molecular complexity index is 1130. The van der Waals surface area contributed by atoms with Crippen molar-refractivity contribution in [1.82, 2.24) is 4.98 Å². The summed E-state index contributed by atoms with van der Waals surface area (Å²) in [6.07, 6.45) is 2.04. The molecule has 0 radical (unpaired) electrons. The summed E-state index contributed by atoms with van der Waals surface area (Å²) in [6.45, 7) is 6.44. The second kappa shape index (κ2) is 5.71. The first kappa shape index (κ1) is 16.4. The third kappa shape index (κ3) is 2.23. The highest BCUT2D eigenvalue weighted by Gasteiger charge is 2.46. The molecular formula is C23H22N3+. The highest BCUT2D eigenvalue weighted by Crippen LogP contribution is 2.41. The van der Waals surface area contributed by atoms with Crippen LogP contribution in [0.1, 0.15) is 30.7 Å². The SMILES string of the molecule is Cc1[nH]c2ccccc2c1/C=C(\C#N)C1=[N+](C)c2ccccc2C1(C)C. The van der Waals surface area contributed by atoms with E-state index in [-0.39, 0.29) is 5.41 Å². The summed E-state index contributed by atoms with van der Waals surface area (Å²) >= 11 is 0.